The molecule has 0 aliphatic carbocycles. The Morgan fingerprint density at radius 1 is 0.950 bits per heavy atom. The Labute approximate surface area is 127 Å². The van der Waals surface area contributed by atoms with Gasteiger partial charge in [0, 0.05) is 22.0 Å². The normalized spacial score (nSPS) is 12.7. The number of thiophene rings is 2. The van der Waals surface area contributed by atoms with Gasteiger partial charge in [0.1, 0.15) is 0 Å². The van der Waals surface area contributed by atoms with E-state index >= 15 is 0 Å². The lowest BCUT2D eigenvalue weighted by atomic mass is 10.1. The number of hydrogen-bond donors (Lipinski definition) is 1. The SMILES string of the molecule is C[C@H](NC(c1cccs1)c1cccs1)c1ccccn1. The van der Waals surface area contributed by atoms with Gasteiger partial charge >= 0.3 is 0 Å². The van der Waals surface area contributed by atoms with Crippen LogP contribution in [0, 0.1) is 0 Å². The van der Waals surface area contributed by atoms with E-state index in [1.54, 1.807) is 22.7 Å². The molecule has 0 radical (unpaired) electrons. The maximum atomic E-state index is 4.44. The molecule has 0 aliphatic rings. The number of pyridine rings is 1. The molecule has 1 atom stereocenters. The molecule has 0 amide bonds. The number of nitrogens with zero attached hydrogens (tertiary/aromatic N) is 1. The molecule has 20 heavy (non-hydrogen) atoms. The number of nitrogens with one attached hydrogen (secondary N) is 1. The Morgan fingerprint density at radius 3 is 2.15 bits per heavy atom. The second kappa shape index (κ2) is 6.31. The lowest BCUT2D eigenvalue weighted by Crippen LogP contribution is -2.24. The van der Waals surface area contributed by atoms with Crippen molar-refractivity contribution in [1.29, 1.82) is 0 Å². The van der Waals surface area contributed by atoms with Crippen LogP contribution in [0.1, 0.15) is 34.5 Å². The second-order valence-corrected chi connectivity index (χ2v) is 6.57. The molecule has 3 heterocycles. The van der Waals surface area contributed by atoms with E-state index in [2.05, 4.69) is 58.3 Å². The van der Waals surface area contributed by atoms with E-state index in [9.17, 15) is 0 Å². The third-order valence-corrected chi connectivity index (χ3v) is 5.08. The van der Waals surface area contributed by atoms with Gasteiger partial charge in [-0.3, -0.25) is 10.3 Å². The van der Waals surface area contributed by atoms with Crippen LogP contribution in [0.15, 0.2) is 59.4 Å². The standard InChI is InChI=1S/C16H16N2S2/c1-12(13-6-2-3-9-17-13)18-16(14-7-4-10-19-14)15-8-5-11-20-15/h2-12,16,18H,1H3/t12-/m0/s1. The molecule has 0 aromatic carbocycles. The van der Waals surface area contributed by atoms with Crippen LogP contribution in [-0.2, 0) is 0 Å². The summed E-state index contributed by atoms with van der Waals surface area (Å²) in [6, 6.07) is 15.1. The minimum atomic E-state index is 0.213. The zero-order valence-electron chi connectivity index (χ0n) is 11.2. The fraction of sp³-hybridized carbons (Fsp3) is 0.188. The highest BCUT2D eigenvalue weighted by Crippen LogP contribution is 2.31. The first kappa shape index (κ1) is 13.5. The molecule has 4 heteroatoms. The van der Waals surface area contributed by atoms with E-state index in [0.717, 1.165) is 5.69 Å². The molecule has 1 N–H and O–H groups in total. The lowest BCUT2D eigenvalue weighted by molar-refractivity contribution is 0.516. The van der Waals surface area contributed by atoms with Crippen LogP contribution in [0.3, 0.4) is 0 Å². The molecule has 0 fully saturated rings. The van der Waals surface area contributed by atoms with E-state index in [0.29, 0.717) is 0 Å². The van der Waals surface area contributed by atoms with Gasteiger partial charge in [-0.15, -0.1) is 22.7 Å². The molecule has 0 saturated carbocycles. The van der Waals surface area contributed by atoms with Gasteiger partial charge in [-0.1, -0.05) is 18.2 Å². The molecule has 2 nitrogen and oxygen atoms in total. The third kappa shape index (κ3) is 2.98. The predicted molar refractivity (Wildman–Crippen MR) is 86.3 cm³/mol. The fourth-order valence-electron chi connectivity index (χ4n) is 2.18. The minimum absolute atomic E-state index is 0.213. The average molecular weight is 300 g/mol. The van der Waals surface area contributed by atoms with Gasteiger partial charge in [0.25, 0.3) is 0 Å². The Hall–Kier alpha value is -1.49. The van der Waals surface area contributed by atoms with Crippen molar-refractivity contribution in [2.24, 2.45) is 0 Å². The third-order valence-electron chi connectivity index (χ3n) is 3.20. The number of rotatable bonds is 5. The van der Waals surface area contributed by atoms with Crippen LogP contribution < -0.4 is 5.32 Å². The van der Waals surface area contributed by atoms with E-state index in [1.807, 2.05) is 18.3 Å². The Kier molecular flexibility index (Phi) is 4.25. The summed E-state index contributed by atoms with van der Waals surface area (Å²) in [5.41, 5.74) is 1.07. The van der Waals surface area contributed by atoms with Gasteiger partial charge in [-0.25, -0.2) is 0 Å². The summed E-state index contributed by atoms with van der Waals surface area (Å²) >= 11 is 3.58. The first-order valence-electron chi connectivity index (χ1n) is 6.58. The van der Waals surface area contributed by atoms with Crippen molar-refractivity contribution in [1.82, 2.24) is 10.3 Å². The van der Waals surface area contributed by atoms with E-state index in [-0.39, 0.29) is 12.1 Å². The number of hydrogen-bond acceptors (Lipinski definition) is 4. The van der Waals surface area contributed by atoms with Crippen molar-refractivity contribution >= 4 is 22.7 Å². The highest BCUT2D eigenvalue weighted by Gasteiger charge is 2.19. The molecule has 3 aromatic rings. The topological polar surface area (TPSA) is 24.9 Å². The van der Waals surface area contributed by atoms with Crippen LogP contribution in [0.4, 0.5) is 0 Å². The van der Waals surface area contributed by atoms with Gasteiger partial charge in [0.05, 0.1) is 11.7 Å². The first-order valence-corrected chi connectivity index (χ1v) is 8.34. The summed E-state index contributed by atoms with van der Waals surface area (Å²) in [4.78, 5) is 7.12. The molecule has 0 spiro atoms. The minimum Gasteiger partial charge on any atom is -0.297 e. The Balaban J connectivity index is 1.84. The zero-order chi connectivity index (χ0) is 13.8. The first-order chi connectivity index (χ1) is 9.84. The quantitative estimate of drug-likeness (QED) is 0.742. The van der Waals surface area contributed by atoms with Crippen molar-refractivity contribution in [3.63, 3.8) is 0 Å². The highest BCUT2D eigenvalue weighted by atomic mass is 32.1. The van der Waals surface area contributed by atoms with Crippen molar-refractivity contribution in [3.05, 3.63) is 74.9 Å². The largest absolute Gasteiger partial charge is 0.297 e. The molecular formula is C16H16N2S2. The zero-order valence-corrected chi connectivity index (χ0v) is 12.8. The molecular weight excluding hydrogens is 284 g/mol. The van der Waals surface area contributed by atoms with E-state index in [1.165, 1.54) is 9.75 Å². The smallest absolute Gasteiger partial charge is 0.0769 e. The molecule has 0 saturated heterocycles. The van der Waals surface area contributed by atoms with Crippen molar-refractivity contribution in [3.8, 4) is 0 Å². The van der Waals surface area contributed by atoms with E-state index < -0.39 is 0 Å². The van der Waals surface area contributed by atoms with Crippen molar-refractivity contribution in [2.45, 2.75) is 19.0 Å². The van der Waals surface area contributed by atoms with Crippen LogP contribution in [0.2, 0.25) is 0 Å². The molecule has 3 rings (SSSR count). The molecule has 0 aliphatic heterocycles. The van der Waals surface area contributed by atoms with Crippen molar-refractivity contribution < 1.29 is 0 Å². The molecule has 0 bridgehead atoms. The second-order valence-electron chi connectivity index (χ2n) is 4.61. The molecule has 0 unspecified atom stereocenters. The maximum absolute atomic E-state index is 4.44. The van der Waals surface area contributed by atoms with Gasteiger partial charge in [-0.2, -0.15) is 0 Å². The fourth-order valence-corrected chi connectivity index (χ4v) is 3.86. The summed E-state index contributed by atoms with van der Waals surface area (Å²) in [6.45, 7) is 2.16. The number of aromatic nitrogens is 1. The van der Waals surface area contributed by atoms with Gasteiger partial charge in [-0.05, 0) is 41.9 Å². The Bertz CT molecular complexity index is 584. The lowest BCUT2D eigenvalue weighted by Gasteiger charge is -2.21. The van der Waals surface area contributed by atoms with Gasteiger partial charge in [0.2, 0.25) is 0 Å². The molecule has 3 aromatic heterocycles. The van der Waals surface area contributed by atoms with Crippen molar-refractivity contribution in [2.75, 3.05) is 0 Å². The molecule has 102 valence electrons. The predicted octanol–water partition coefficient (Wildman–Crippen LogP) is 4.64. The van der Waals surface area contributed by atoms with Gasteiger partial charge < -0.3 is 0 Å². The van der Waals surface area contributed by atoms with Crippen LogP contribution in [-0.4, -0.2) is 4.98 Å². The van der Waals surface area contributed by atoms with E-state index in [4.69, 9.17) is 0 Å². The Morgan fingerprint density at radius 2 is 1.65 bits per heavy atom. The maximum Gasteiger partial charge on any atom is 0.0769 e. The van der Waals surface area contributed by atoms with Crippen LogP contribution in [0.5, 0.6) is 0 Å². The average Bonchev–Trinajstić information content (AvgIpc) is 3.19. The van der Waals surface area contributed by atoms with Crippen LogP contribution >= 0.6 is 22.7 Å². The summed E-state index contributed by atoms with van der Waals surface area (Å²) in [5, 5.41) is 7.95. The van der Waals surface area contributed by atoms with Gasteiger partial charge in [0.15, 0.2) is 0 Å². The highest BCUT2D eigenvalue weighted by molar-refractivity contribution is 7.11. The summed E-state index contributed by atoms with van der Waals surface area (Å²) in [5.74, 6) is 0. The summed E-state index contributed by atoms with van der Waals surface area (Å²) in [7, 11) is 0. The van der Waals surface area contributed by atoms with Crippen LogP contribution in [0.25, 0.3) is 0 Å². The summed E-state index contributed by atoms with van der Waals surface area (Å²) in [6.07, 6.45) is 1.85. The monoisotopic (exact) mass is 300 g/mol. The summed E-state index contributed by atoms with van der Waals surface area (Å²) < 4.78 is 0.